The minimum atomic E-state index is -0.140. The number of rotatable bonds is 3. The minimum Gasteiger partial charge on any atom is -0.497 e. The maximum absolute atomic E-state index is 12.6. The predicted molar refractivity (Wildman–Crippen MR) is 85.1 cm³/mol. The zero-order valence-electron chi connectivity index (χ0n) is 11.6. The van der Waals surface area contributed by atoms with Crippen molar-refractivity contribution in [2.45, 2.75) is 6.92 Å². The Morgan fingerprint density at radius 1 is 1.19 bits per heavy atom. The van der Waals surface area contributed by atoms with Gasteiger partial charge in [-0.15, -0.1) is 0 Å². The Morgan fingerprint density at radius 3 is 2.76 bits per heavy atom. The monoisotopic (exact) mass is 344 g/mol. The van der Waals surface area contributed by atoms with E-state index in [9.17, 15) is 4.79 Å². The molecule has 3 rings (SSSR count). The van der Waals surface area contributed by atoms with Crippen molar-refractivity contribution < 1.29 is 13.9 Å². The molecule has 0 aliphatic rings. The van der Waals surface area contributed by atoms with Gasteiger partial charge in [-0.3, -0.25) is 4.79 Å². The number of benzene rings is 2. The van der Waals surface area contributed by atoms with Crippen molar-refractivity contribution in [1.29, 1.82) is 0 Å². The lowest BCUT2D eigenvalue weighted by Crippen LogP contribution is -2.01. The summed E-state index contributed by atoms with van der Waals surface area (Å²) in [6, 6.07) is 12.8. The maximum atomic E-state index is 12.6. The molecular weight excluding hydrogens is 332 g/mol. The lowest BCUT2D eigenvalue weighted by molar-refractivity contribution is 0.101. The fraction of sp³-hybridized carbons (Fsp3) is 0.118. The highest BCUT2D eigenvalue weighted by Gasteiger charge is 2.19. The van der Waals surface area contributed by atoms with Crippen molar-refractivity contribution in [2.24, 2.45) is 0 Å². The van der Waals surface area contributed by atoms with Crippen molar-refractivity contribution in [2.75, 3.05) is 7.11 Å². The molecule has 106 valence electrons. The van der Waals surface area contributed by atoms with Gasteiger partial charge in [-0.1, -0.05) is 28.1 Å². The number of aryl methyl sites for hydroxylation is 1. The van der Waals surface area contributed by atoms with Gasteiger partial charge in [0.2, 0.25) is 5.78 Å². The Hall–Kier alpha value is -2.07. The van der Waals surface area contributed by atoms with Crippen LogP contribution in [0.1, 0.15) is 21.7 Å². The van der Waals surface area contributed by atoms with Gasteiger partial charge in [-0.25, -0.2) is 0 Å². The number of furan rings is 1. The van der Waals surface area contributed by atoms with Crippen LogP contribution in [0.25, 0.3) is 11.0 Å². The van der Waals surface area contributed by atoms with Crippen molar-refractivity contribution in [3.8, 4) is 5.75 Å². The van der Waals surface area contributed by atoms with E-state index in [-0.39, 0.29) is 5.78 Å². The molecule has 0 aliphatic heterocycles. The fourth-order valence-electron chi connectivity index (χ4n) is 2.31. The number of hydrogen-bond acceptors (Lipinski definition) is 3. The van der Waals surface area contributed by atoms with Crippen LogP contribution in [0.4, 0.5) is 0 Å². The molecule has 1 heterocycles. The third-order valence-electron chi connectivity index (χ3n) is 3.44. The summed E-state index contributed by atoms with van der Waals surface area (Å²) < 4.78 is 11.8. The molecule has 0 aliphatic carbocycles. The molecule has 0 radical (unpaired) electrons. The SMILES string of the molecule is COc1cccc(C(=O)c2oc3cc(Br)ccc3c2C)c1. The molecule has 0 atom stereocenters. The first-order valence-electron chi connectivity index (χ1n) is 6.47. The molecular formula is C17H13BrO3. The van der Waals surface area contributed by atoms with Crippen molar-refractivity contribution >= 4 is 32.7 Å². The molecule has 4 heteroatoms. The van der Waals surface area contributed by atoms with E-state index in [1.807, 2.05) is 25.1 Å². The van der Waals surface area contributed by atoms with Crippen LogP contribution in [0.3, 0.4) is 0 Å². The van der Waals surface area contributed by atoms with E-state index >= 15 is 0 Å². The van der Waals surface area contributed by atoms with Gasteiger partial charge in [-0.2, -0.15) is 0 Å². The number of fused-ring (bicyclic) bond motifs is 1. The summed E-state index contributed by atoms with van der Waals surface area (Å²) in [6.07, 6.45) is 0. The van der Waals surface area contributed by atoms with Crippen LogP contribution in [0.5, 0.6) is 5.75 Å². The number of methoxy groups -OCH3 is 1. The quantitative estimate of drug-likeness (QED) is 0.644. The summed E-state index contributed by atoms with van der Waals surface area (Å²) in [5, 5.41) is 0.949. The summed E-state index contributed by atoms with van der Waals surface area (Å²) in [4.78, 5) is 12.6. The molecule has 0 saturated carbocycles. The predicted octanol–water partition coefficient (Wildman–Crippen LogP) is 4.74. The van der Waals surface area contributed by atoms with E-state index in [0.717, 1.165) is 15.4 Å². The third-order valence-corrected chi connectivity index (χ3v) is 3.93. The Kier molecular flexibility index (Phi) is 3.55. The average molecular weight is 345 g/mol. The van der Waals surface area contributed by atoms with E-state index in [4.69, 9.17) is 9.15 Å². The van der Waals surface area contributed by atoms with E-state index < -0.39 is 0 Å². The summed E-state index contributed by atoms with van der Waals surface area (Å²) >= 11 is 3.41. The molecule has 0 unspecified atom stereocenters. The number of hydrogen-bond donors (Lipinski definition) is 0. The van der Waals surface area contributed by atoms with E-state index in [0.29, 0.717) is 22.7 Å². The number of ketones is 1. The van der Waals surface area contributed by atoms with Gasteiger partial charge in [0.25, 0.3) is 0 Å². The molecule has 0 amide bonds. The Morgan fingerprint density at radius 2 is 2.00 bits per heavy atom. The van der Waals surface area contributed by atoms with Gasteiger partial charge in [0.15, 0.2) is 5.76 Å². The lowest BCUT2D eigenvalue weighted by Gasteiger charge is -2.02. The van der Waals surface area contributed by atoms with Crippen LogP contribution in [-0.2, 0) is 0 Å². The largest absolute Gasteiger partial charge is 0.497 e. The molecule has 0 spiro atoms. The number of halogens is 1. The van der Waals surface area contributed by atoms with E-state index in [1.165, 1.54) is 0 Å². The number of carbonyl (C=O) groups is 1. The lowest BCUT2D eigenvalue weighted by atomic mass is 10.0. The zero-order valence-corrected chi connectivity index (χ0v) is 13.2. The maximum Gasteiger partial charge on any atom is 0.228 e. The Labute approximate surface area is 130 Å². The molecule has 2 aromatic carbocycles. The number of ether oxygens (including phenoxy) is 1. The highest BCUT2D eigenvalue weighted by atomic mass is 79.9. The van der Waals surface area contributed by atoms with Gasteiger partial charge in [0.1, 0.15) is 11.3 Å². The summed E-state index contributed by atoms with van der Waals surface area (Å²) in [7, 11) is 1.58. The van der Waals surface area contributed by atoms with Gasteiger partial charge in [-0.05, 0) is 37.3 Å². The molecule has 1 aromatic heterocycles. The first kappa shape index (κ1) is 13.9. The topological polar surface area (TPSA) is 39.4 Å². The van der Waals surface area contributed by atoms with Crippen LogP contribution in [0, 0.1) is 6.92 Å². The molecule has 21 heavy (non-hydrogen) atoms. The summed E-state index contributed by atoms with van der Waals surface area (Å²) in [5.74, 6) is 0.882. The Balaban J connectivity index is 2.11. The van der Waals surface area contributed by atoms with Gasteiger partial charge < -0.3 is 9.15 Å². The average Bonchev–Trinajstić information content (AvgIpc) is 2.83. The summed E-state index contributed by atoms with van der Waals surface area (Å²) in [6.45, 7) is 1.90. The van der Waals surface area contributed by atoms with Crippen molar-refractivity contribution in [3.63, 3.8) is 0 Å². The van der Waals surface area contributed by atoms with Crippen LogP contribution in [-0.4, -0.2) is 12.9 Å². The molecule has 0 saturated heterocycles. The van der Waals surface area contributed by atoms with E-state index in [1.54, 1.807) is 31.4 Å². The third kappa shape index (κ3) is 2.47. The van der Waals surface area contributed by atoms with Crippen LogP contribution in [0.15, 0.2) is 51.4 Å². The highest BCUT2D eigenvalue weighted by Crippen LogP contribution is 2.29. The minimum absolute atomic E-state index is 0.140. The van der Waals surface area contributed by atoms with Gasteiger partial charge >= 0.3 is 0 Å². The second kappa shape index (κ2) is 5.37. The first-order chi connectivity index (χ1) is 10.1. The molecule has 0 fully saturated rings. The van der Waals surface area contributed by atoms with Gasteiger partial charge in [0, 0.05) is 21.0 Å². The second-order valence-corrected chi connectivity index (χ2v) is 5.67. The zero-order chi connectivity index (χ0) is 15.0. The van der Waals surface area contributed by atoms with Crippen molar-refractivity contribution in [3.05, 3.63) is 63.8 Å². The van der Waals surface area contributed by atoms with Crippen molar-refractivity contribution in [1.82, 2.24) is 0 Å². The van der Waals surface area contributed by atoms with Gasteiger partial charge in [0.05, 0.1) is 7.11 Å². The first-order valence-corrected chi connectivity index (χ1v) is 7.27. The highest BCUT2D eigenvalue weighted by molar-refractivity contribution is 9.10. The molecule has 3 nitrogen and oxygen atoms in total. The van der Waals surface area contributed by atoms with Crippen LogP contribution >= 0.6 is 15.9 Å². The fourth-order valence-corrected chi connectivity index (χ4v) is 2.65. The van der Waals surface area contributed by atoms with Crippen LogP contribution < -0.4 is 4.74 Å². The summed E-state index contributed by atoms with van der Waals surface area (Å²) in [5.41, 5.74) is 2.11. The standard InChI is InChI=1S/C17H13BrO3/c1-10-14-7-6-12(18)9-15(14)21-17(10)16(19)11-4-3-5-13(8-11)20-2/h3-9H,1-2H3. The second-order valence-electron chi connectivity index (χ2n) is 4.76. The molecule has 0 N–H and O–H groups in total. The molecule has 3 aromatic rings. The Bertz CT molecular complexity index is 833. The smallest absolute Gasteiger partial charge is 0.228 e. The van der Waals surface area contributed by atoms with E-state index in [2.05, 4.69) is 15.9 Å². The molecule has 0 bridgehead atoms. The number of carbonyl (C=O) groups excluding carboxylic acids is 1. The normalized spacial score (nSPS) is 10.8. The van der Waals surface area contributed by atoms with Crippen LogP contribution in [0.2, 0.25) is 0 Å².